The summed E-state index contributed by atoms with van der Waals surface area (Å²) in [6, 6.07) is 13.3. The third kappa shape index (κ3) is 8.28. The summed E-state index contributed by atoms with van der Waals surface area (Å²) in [6.07, 6.45) is 1.44. The summed E-state index contributed by atoms with van der Waals surface area (Å²) in [5.74, 6) is -0.0856. The summed E-state index contributed by atoms with van der Waals surface area (Å²) in [5, 5.41) is 2.95. The molecular formula is C26H37N3O5S. The molecule has 0 aromatic heterocycles. The molecule has 8 nitrogen and oxygen atoms in total. The van der Waals surface area contributed by atoms with E-state index < -0.39 is 34.1 Å². The number of amides is 2. The number of nitrogens with one attached hydrogen (secondary N) is 1. The molecule has 0 aliphatic heterocycles. The fourth-order valence-corrected chi connectivity index (χ4v) is 4.47. The minimum absolute atomic E-state index is 0.143. The molecule has 0 saturated carbocycles. The lowest BCUT2D eigenvalue weighted by Crippen LogP contribution is -2.55. The number of sulfonamides is 1. The van der Waals surface area contributed by atoms with Gasteiger partial charge in [0.05, 0.1) is 19.1 Å². The smallest absolute Gasteiger partial charge is 0.244 e. The Kier molecular flexibility index (Phi) is 9.31. The summed E-state index contributed by atoms with van der Waals surface area (Å²) in [4.78, 5) is 28.3. The Balaban J connectivity index is 2.44. The van der Waals surface area contributed by atoms with Crippen LogP contribution in [-0.4, -0.2) is 56.6 Å². The molecule has 9 heteroatoms. The Labute approximate surface area is 209 Å². The molecule has 0 fully saturated rings. The Morgan fingerprint density at radius 1 is 1.03 bits per heavy atom. The van der Waals surface area contributed by atoms with Crippen LogP contribution >= 0.6 is 0 Å². The maximum Gasteiger partial charge on any atom is 0.244 e. The Bertz CT molecular complexity index is 1110. The number of aryl methyl sites for hydroxylation is 1. The zero-order chi connectivity index (χ0) is 26.4. The van der Waals surface area contributed by atoms with Crippen LogP contribution in [0.2, 0.25) is 0 Å². The van der Waals surface area contributed by atoms with E-state index in [1.54, 1.807) is 43.5 Å². The van der Waals surface area contributed by atoms with Gasteiger partial charge in [0.15, 0.2) is 0 Å². The summed E-state index contributed by atoms with van der Waals surface area (Å²) in [5.41, 5.74) is 1.67. The van der Waals surface area contributed by atoms with Gasteiger partial charge in [0.25, 0.3) is 0 Å². The van der Waals surface area contributed by atoms with Crippen molar-refractivity contribution >= 4 is 27.5 Å². The molecule has 0 aliphatic rings. The number of nitrogens with zero attached hydrogens (tertiary/aromatic N) is 2. The van der Waals surface area contributed by atoms with Crippen molar-refractivity contribution in [1.82, 2.24) is 10.2 Å². The van der Waals surface area contributed by atoms with Crippen LogP contribution in [0.25, 0.3) is 0 Å². The minimum atomic E-state index is -3.75. The number of methoxy groups -OCH3 is 1. The number of carbonyl (C=O) groups excluding carboxylic acids is 2. The van der Waals surface area contributed by atoms with E-state index in [0.29, 0.717) is 17.9 Å². The van der Waals surface area contributed by atoms with Gasteiger partial charge >= 0.3 is 0 Å². The minimum Gasteiger partial charge on any atom is -0.497 e. The third-order valence-corrected chi connectivity index (χ3v) is 6.54. The zero-order valence-electron chi connectivity index (χ0n) is 21.7. The SMILES string of the molecule is CC[C@@H](C(=O)NC(C)(C)C)N(Cc1ccc(OC)cc1)C(=O)CN(c1ccc(C)cc1)S(C)(=O)=O. The molecule has 1 N–H and O–H groups in total. The van der Waals surface area contributed by atoms with Crippen LogP contribution in [-0.2, 0) is 26.2 Å². The topological polar surface area (TPSA) is 96.0 Å². The molecule has 0 aliphatic carbocycles. The highest BCUT2D eigenvalue weighted by molar-refractivity contribution is 7.92. The number of carbonyl (C=O) groups is 2. The number of hydrogen-bond acceptors (Lipinski definition) is 5. The van der Waals surface area contributed by atoms with Crippen molar-refractivity contribution in [1.29, 1.82) is 0 Å². The van der Waals surface area contributed by atoms with Gasteiger partial charge in [-0.05, 0) is 63.9 Å². The molecule has 2 aromatic carbocycles. The fourth-order valence-electron chi connectivity index (χ4n) is 3.62. The molecule has 2 rings (SSSR count). The quantitative estimate of drug-likeness (QED) is 0.535. The lowest BCUT2D eigenvalue weighted by molar-refractivity contribution is -0.141. The number of ether oxygens (including phenoxy) is 1. The van der Waals surface area contributed by atoms with Gasteiger partial charge < -0.3 is 15.0 Å². The van der Waals surface area contributed by atoms with E-state index in [1.807, 2.05) is 46.8 Å². The first-order chi connectivity index (χ1) is 16.2. The van der Waals surface area contributed by atoms with Gasteiger partial charge in [-0.3, -0.25) is 13.9 Å². The van der Waals surface area contributed by atoms with E-state index in [2.05, 4.69) is 5.32 Å². The summed E-state index contributed by atoms with van der Waals surface area (Å²) in [7, 11) is -2.18. The van der Waals surface area contributed by atoms with Gasteiger partial charge in [0.1, 0.15) is 18.3 Å². The first kappa shape index (κ1) is 28.2. The predicted octanol–water partition coefficient (Wildman–Crippen LogP) is 3.49. The van der Waals surface area contributed by atoms with Crippen molar-refractivity contribution in [3.05, 3.63) is 59.7 Å². The van der Waals surface area contributed by atoms with E-state index in [1.165, 1.54) is 4.90 Å². The summed E-state index contributed by atoms with van der Waals surface area (Å²) in [6.45, 7) is 9.06. The maximum atomic E-state index is 13.7. The predicted molar refractivity (Wildman–Crippen MR) is 139 cm³/mol. The number of benzene rings is 2. The van der Waals surface area contributed by atoms with Gasteiger partial charge in [-0.1, -0.05) is 36.8 Å². The van der Waals surface area contributed by atoms with Crippen molar-refractivity contribution in [3.8, 4) is 5.75 Å². The van der Waals surface area contributed by atoms with Crippen molar-refractivity contribution < 1.29 is 22.7 Å². The molecule has 2 aromatic rings. The van der Waals surface area contributed by atoms with Crippen molar-refractivity contribution in [2.45, 2.75) is 59.2 Å². The summed E-state index contributed by atoms with van der Waals surface area (Å²) >= 11 is 0. The van der Waals surface area contributed by atoms with Crippen molar-refractivity contribution in [3.63, 3.8) is 0 Å². The molecule has 0 heterocycles. The van der Waals surface area contributed by atoms with E-state index in [0.717, 1.165) is 21.7 Å². The average molecular weight is 504 g/mol. The second-order valence-corrected chi connectivity index (χ2v) is 11.5. The van der Waals surface area contributed by atoms with Gasteiger partial charge in [-0.15, -0.1) is 0 Å². The van der Waals surface area contributed by atoms with Crippen molar-refractivity contribution in [2.24, 2.45) is 0 Å². The zero-order valence-corrected chi connectivity index (χ0v) is 22.5. The van der Waals surface area contributed by atoms with Gasteiger partial charge in [-0.2, -0.15) is 0 Å². The molecule has 0 unspecified atom stereocenters. The average Bonchev–Trinajstić information content (AvgIpc) is 2.76. The third-order valence-electron chi connectivity index (χ3n) is 5.40. The fraction of sp³-hybridized carbons (Fsp3) is 0.462. The van der Waals surface area contributed by atoms with E-state index in [9.17, 15) is 18.0 Å². The Morgan fingerprint density at radius 3 is 2.06 bits per heavy atom. The standard InChI is InChI=1S/C26H37N3O5S/c1-8-23(25(31)27-26(3,4)5)28(17-20-11-15-22(34-6)16-12-20)24(30)18-29(35(7,32)33)21-13-9-19(2)10-14-21/h9-16,23H,8,17-18H2,1-7H3,(H,27,31)/t23-/m0/s1. The van der Waals surface area contributed by atoms with E-state index >= 15 is 0 Å². The highest BCUT2D eigenvalue weighted by atomic mass is 32.2. The number of hydrogen-bond donors (Lipinski definition) is 1. The first-order valence-electron chi connectivity index (χ1n) is 11.5. The maximum absolute atomic E-state index is 13.7. The highest BCUT2D eigenvalue weighted by Gasteiger charge is 2.33. The normalized spacial score (nSPS) is 12.5. The van der Waals surface area contributed by atoms with E-state index in [4.69, 9.17) is 4.74 Å². The molecule has 35 heavy (non-hydrogen) atoms. The highest BCUT2D eigenvalue weighted by Crippen LogP contribution is 2.21. The Morgan fingerprint density at radius 2 is 1.60 bits per heavy atom. The molecular weight excluding hydrogens is 466 g/mol. The van der Waals surface area contributed by atoms with Crippen LogP contribution in [0.5, 0.6) is 5.75 Å². The molecule has 0 radical (unpaired) electrons. The molecule has 0 spiro atoms. The molecule has 0 bridgehead atoms. The van der Waals surface area contributed by atoms with Gasteiger partial charge in [0.2, 0.25) is 21.8 Å². The second kappa shape index (κ2) is 11.6. The van der Waals surface area contributed by atoms with Gasteiger partial charge in [-0.25, -0.2) is 8.42 Å². The molecule has 2 amide bonds. The lowest BCUT2D eigenvalue weighted by atomic mass is 10.1. The van der Waals surface area contributed by atoms with E-state index in [-0.39, 0.29) is 12.5 Å². The number of anilines is 1. The first-order valence-corrected chi connectivity index (χ1v) is 13.4. The molecule has 0 saturated heterocycles. The lowest BCUT2D eigenvalue weighted by Gasteiger charge is -2.34. The second-order valence-electron chi connectivity index (χ2n) is 9.64. The largest absolute Gasteiger partial charge is 0.497 e. The van der Waals surface area contributed by atoms with Crippen LogP contribution in [0, 0.1) is 6.92 Å². The van der Waals surface area contributed by atoms with Crippen molar-refractivity contribution in [2.75, 3.05) is 24.2 Å². The monoisotopic (exact) mass is 503 g/mol. The Hall–Kier alpha value is -3.07. The van der Waals surface area contributed by atoms with Crippen LogP contribution < -0.4 is 14.4 Å². The van der Waals surface area contributed by atoms with Crippen LogP contribution in [0.4, 0.5) is 5.69 Å². The van der Waals surface area contributed by atoms with Crippen LogP contribution in [0.15, 0.2) is 48.5 Å². The van der Waals surface area contributed by atoms with Crippen LogP contribution in [0.1, 0.15) is 45.2 Å². The molecule has 1 atom stereocenters. The summed E-state index contributed by atoms with van der Waals surface area (Å²) < 4.78 is 31.5. The van der Waals surface area contributed by atoms with Crippen LogP contribution in [0.3, 0.4) is 0 Å². The molecule has 192 valence electrons. The van der Waals surface area contributed by atoms with Gasteiger partial charge in [0, 0.05) is 12.1 Å². The number of rotatable bonds is 10.